The Labute approximate surface area is 419 Å². The Morgan fingerprint density at radius 1 is 0.701 bits per heavy atom. The second kappa shape index (κ2) is 18.5. The van der Waals surface area contributed by atoms with Crippen LogP contribution in [-0.4, -0.2) is 206 Å². The van der Waals surface area contributed by atoms with Crippen molar-refractivity contribution in [2.45, 2.75) is 69.1 Å². The summed E-state index contributed by atoms with van der Waals surface area (Å²) >= 11 is 0.763. The highest BCUT2D eigenvalue weighted by Gasteiger charge is 2.58. The van der Waals surface area contributed by atoms with Gasteiger partial charge >= 0.3 is 6.18 Å². The van der Waals surface area contributed by atoms with Gasteiger partial charge in [0.2, 0.25) is 5.91 Å². The summed E-state index contributed by atoms with van der Waals surface area (Å²) in [7, 11) is 128. The number of thioether (sulfide) groups is 1. The number of hydrogen-bond acceptors (Lipinski definition) is 5. The molecule has 3 aromatic carbocycles. The van der Waals surface area contributed by atoms with E-state index in [0.717, 1.165) is 21.2 Å². The maximum atomic E-state index is 15.4. The monoisotopic (exact) mass is 866 g/mol. The largest absolute Gasteiger partial charge is 0.415 e. The third-order valence-electron chi connectivity index (χ3n) is 11.6. The van der Waals surface area contributed by atoms with E-state index in [1.54, 1.807) is 0 Å². The zero-order valence-corrected chi connectivity index (χ0v) is 37.0. The first-order valence-corrected chi connectivity index (χ1v) is 20.4. The van der Waals surface area contributed by atoms with Crippen LogP contribution >= 0.6 is 11.8 Å². The zero-order valence-electron chi connectivity index (χ0n) is 36.2. The highest BCUT2D eigenvalue weighted by molar-refractivity contribution is 7.98. The van der Waals surface area contributed by atoms with E-state index in [2.05, 4.69) is 4.98 Å². The van der Waals surface area contributed by atoms with Crippen LogP contribution in [0, 0.1) is 5.82 Å². The van der Waals surface area contributed by atoms with E-state index in [0.29, 0.717) is 5.56 Å². The molecule has 0 unspecified atom stereocenters. The molecule has 40 radical (unpaired) electrons. The van der Waals surface area contributed by atoms with Crippen LogP contribution in [0.5, 0.6) is 0 Å². The predicted molar refractivity (Wildman–Crippen MR) is 276 cm³/mol. The number of nitrogens with zero attached hydrogens (tertiary/aromatic N) is 4. The fourth-order valence-electron chi connectivity index (χ4n) is 7.92. The topological polar surface area (TPSA) is 58.4 Å². The Balaban J connectivity index is 1.78. The van der Waals surface area contributed by atoms with Crippen molar-refractivity contribution in [3.8, 4) is 11.1 Å². The molecule has 1 aromatic heterocycles. The molecule has 1 heterocycles. The standard InChI is InChI=1S/C36H18B20F4N4O2S/c1-30(45,46)63(31(2,47)48)8-7-62(9-13-18(37)20(39)14(21(40)19(13)38)15-22(41)24(43)16(35(58,59)60)25(44)23(15)42)28(66)34(53,54)64-26-17(32(49,50)36(55,56)33(26,51)52)27(65)61-29(64)67-10-11-3-5-12(57)6-4-11/h3-6H,7-10H2,1-2H3. The summed E-state index contributed by atoms with van der Waals surface area (Å²) in [5.41, 5.74) is -9.67. The minimum atomic E-state index is -5.09. The third kappa shape index (κ3) is 9.63. The van der Waals surface area contributed by atoms with E-state index in [1.807, 2.05) is 0 Å². The van der Waals surface area contributed by atoms with Gasteiger partial charge in [0, 0.05) is 47.5 Å². The lowest BCUT2D eigenvalue weighted by Gasteiger charge is -2.49. The van der Waals surface area contributed by atoms with Gasteiger partial charge in [0.25, 0.3) is 5.56 Å². The Kier molecular flexibility index (Phi) is 15.3. The maximum Gasteiger partial charge on any atom is 0.415 e. The van der Waals surface area contributed by atoms with Crippen molar-refractivity contribution in [3.05, 3.63) is 68.4 Å². The van der Waals surface area contributed by atoms with E-state index >= 15 is 4.79 Å². The number of fused-ring (bicyclic) bond motifs is 1. The number of halogens is 4. The van der Waals surface area contributed by atoms with Crippen molar-refractivity contribution >= 4 is 218 Å². The second-order valence-electron chi connectivity index (χ2n) is 16.8. The Hall–Kier alpha value is -2.66. The van der Waals surface area contributed by atoms with Gasteiger partial charge < -0.3 is 14.4 Å². The molecule has 0 bridgehead atoms. The summed E-state index contributed by atoms with van der Waals surface area (Å²) in [6.45, 7) is 1.08. The highest BCUT2D eigenvalue weighted by atomic mass is 32.2. The Morgan fingerprint density at radius 2 is 1.15 bits per heavy atom. The lowest BCUT2D eigenvalue weighted by molar-refractivity contribution is -0.136. The number of rotatable bonds is 13. The quantitative estimate of drug-likeness (QED) is 0.0580. The van der Waals surface area contributed by atoms with E-state index in [-0.39, 0.29) is 23.4 Å². The van der Waals surface area contributed by atoms with E-state index in [9.17, 15) is 22.4 Å². The van der Waals surface area contributed by atoms with Gasteiger partial charge in [-0.2, -0.15) is 18.2 Å². The van der Waals surface area contributed by atoms with Crippen LogP contribution in [0.4, 0.5) is 17.6 Å². The van der Waals surface area contributed by atoms with Gasteiger partial charge in [-0.05, 0) is 34.4 Å². The molecular formula is C36H18B20F4N4O2S. The fraction of sp³-hybridized carbons (Fsp3) is 0.361. The van der Waals surface area contributed by atoms with Crippen molar-refractivity contribution in [3.63, 3.8) is 0 Å². The number of carbonyl (C=O) groups is 1. The first kappa shape index (κ1) is 55.3. The number of hydrogen-bond donors (Lipinski definition) is 0. The number of carbonyl (C=O) groups excluding carboxylic acids is 1. The van der Waals surface area contributed by atoms with E-state index < -0.39 is 139 Å². The van der Waals surface area contributed by atoms with E-state index in [1.165, 1.54) is 43.0 Å². The van der Waals surface area contributed by atoms with Gasteiger partial charge in [0.15, 0.2) is 5.16 Å². The molecule has 0 fully saturated rings. The highest BCUT2D eigenvalue weighted by Crippen LogP contribution is 2.57. The molecule has 0 N–H and O–H groups in total. The average Bonchev–Trinajstić information content (AvgIpc) is 3.29. The first-order chi connectivity index (χ1) is 30.3. The van der Waals surface area contributed by atoms with Gasteiger partial charge in [-0.15, -0.1) is 5.21 Å². The van der Waals surface area contributed by atoms with Gasteiger partial charge in [-0.1, -0.05) is 103 Å². The van der Waals surface area contributed by atoms with Crippen LogP contribution in [0.15, 0.2) is 34.2 Å². The van der Waals surface area contributed by atoms with Crippen LogP contribution < -0.4 is 49.3 Å². The smallest absolute Gasteiger partial charge is 0.336 e. The van der Waals surface area contributed by atoms with Crippen molar-refractivity contribution in [2.75, 3.05) is 13.1 Å². The van der Waals surface area contributed by atoms with Crippen molar-refractivity contribution < 1.29 is 22.4 Å². The van der Waals surface area contributed by atoms with Crippen LogP contribution in [0.2, 0.25) is 5.21 Å². The molecule has 1 amide bonds. The Bertz CT molecular complexity index is 2640. The minimum Gasteiger partial charge on any atom is -0.336 e. The molecule has 31 heteroatoms. The molecule has 5 rings (SSSR count). The lowest BCUT2D eigenvalue weighted by Crippen LogP contribution is -2.63. The summed E-state index contributed by atoms with van der Waals surface area (Å²) in [6, 6.07) is 5.19. The third-order valence-corrected chi connectivity index (χ3v) is 12.6. The summed E-state index contributed by atoms with van der Waals surface area (Å²) < 4.78 is 56.6. The Morgan fingerprint density at radius 3 is 1.58 bits per heavy atom. The fourth-order valence-corrected chi connectivity index (χ4v) is 8.93. The van der Waals surface area contributed by atoms with Gasteiger partial charge in [0.05, 0.1) is 78.5 Å². The van der Waals surface area contributed by atoms with Gasteiger partial charge in [0.1, 0.15) is 84.3 Å². The van der Waals surface area contributed by atoms with Crippen LogP contribution in [0.1, 0.15) is 41.8 Å². The number of benzene rings is 3. The average molecular weight is 863 g/mol. The summed E-state index contributed by atoms with van der Waals surface area (Å²) in [5.74, 6) is -1.90. The molecule has 0 atom stereocenters. The van der Waals surface area contributed by atoms with Gasteiger partial charge in [-0.3, -0.25) is 9.59 Å². The molecule has 0 aliphatic heterocycles. The SMILES string of the molecule is [B]c1c([B])c(-c2c([B])c([B])c(C(F)(F)F)c([B])c2[B])c([B])c([B])c1CN(CCN(C([B])([B])C)C([B])([B])C)C(=O)C([B])([B])n1c(SCc2ccc(F)cc2)nc(=O)c2c1C([B])([B])C([B])([B])C2([B])[B]. The molecule has 67 heavy (non-hydrogen) atoms. The molecule has 6 nitrogen and oxygen atoms in total. The first-order valence-electron chi connectivity index (χ1n) is 19.4. The van der Waals surface area contributed by atoms with Crippen LogP contribution in [-0.2, 0) is 39.0 Å². The van der Waals surface area contributed by atoms with Crippen molar-refractivity contribution in [1.29, 1.82) is 0 Å². The number of alkyl halides is 3. The molecular weight excluding hydrogens is 845 g/mol. The number of amides is 1. The predicted octanol–water partition coefficient (Wildman–Crippen LogP) is -8.54. The number of aromatic nitrogens is 2. The maximum absolute atomic E-state index is 15.4. The summed E-state index contributed by atoms with van der Waals surface area (Å²) in [4.78, 5) is 35.4. The summed E-state index contributed by atoms with van der Waals surface area (Å²) in [5, 5.41) is -14.7. The molecule has 1 aliphatic carbocycles. The zero-order chi connectivity index (χ0) is 51.3. The van der Waals surface area contributed by atoms with Crippen molar-refractivity contribution in [2.24, 2.45) is 0 Å². The normalized spacial score (nSPS) is 15.6. The van der Waals surface area contributed by atoms with Gasteiger partial charge in [-0.25, -0.2) is 4.39 Å². The van der Waals surface area contributed by atoms with Crippen LogP contribution in [0.3, 0.4) is 0 Å². The van der Waals surface area contributed by atoms with E-state index in [4.69, 9.17) is 157 Å². The van der Waals surface area contributed by atoms with Crippen molar-refractivity contribution in [1.82, 2.24) is 19.4 Å². The second-order valence-corrected chi connectivity index (χ2v) is 17.8. The molecule has 0 saturated heterocycles. The molecule has 1 aliphatic rings. The minimum absolute atomic E-state index is 0.0657. The van der Waals surface area contributed by atoms with Crippen LogP contribution in [0.25, 0.3) is 11.1 Å². The molecule has 288 valence electrons. The lowest BCUT2D eigenvalue weighted by atomic mass is 9.20. The molecule has 0 spiro atoms. The summed E-state index contributed by atoms with van der Waals surface area (Å²) in [6.07, 6.45) is -5.09. The molecule has 4 aromatic rings. The molecule has 0 saturated carbocycles.